The van der Waals surface area contributed by atoms with Crippen LogP contribution in [0.5, 0.6) is 5.75 Å². The highest BCUT2D eigenvalue weighted by Gasteiger charge is 2.20. The zero-order valence-electron chi connectivity index (χ0n) is 11.2. The quantitative estimate of drug-likeness (QED) is 0.916. The molecule has 0 atom stereocenters. The third-order valence-electron chi connectivity index (χ3n) is 3.10. The van der Waals surface area contributed by atoms with Gasteiger partial charge in [-0.25, -0.2) is 4.79 Å². The lowest BCUT2D eigenvalue weighted by molar-refractivity contribution is 0.0697. The molecule has 0 amide bonds. The number of carboxylic acids is 1. The molecule has 0 radical (unpaired) electrons. The minimum Gasteiger partial charge on any atom is -0.496 e. The predicted molar refractivity (Wildman–Crippen MR) is 71.5 cm³/mol. The van der Waals surface area contributed by atoms with Gasteiger partial charge in [0.05, 0.1) is 19.0 Å². The van der Waals surface area contributed by atoms with Crippen LogP contribution in [0.4, 0.5) is 0 Å². The van der Waals surface area contributed by atoms with Crippen LogP contribution in [0.2, 0.25) is 0 Å². The molecular weight excluding hydrogens is 244 g/mol. The van der Waals surface area contributed by atoms with Crippen molar-refractivity contribution in [1.82, 2.24) is 9.78 Å². The van der Waals surface area contributed by atoms with Gasteiger partial charge >= 0.3 is 5.97 Å². The number of aromatic nitrogens is 2. The van der Waals surface area contributed by atoms with Gasteiger partial charge in [-0.3, -0.25) is 4.68 Å². The lowest BCUT2D eigenvalue weighted by Crippen LogP contribution is -2.02. The molecule has 0 saturated heterocycles. The number of hydrogen-bond donors (Lipinski definition) is 1. The zero-order chi connectivity index (χ0) is 14.0. The van der Waals surface area contributed by atoms with Crippen molar-refractivity contribution < 1.29 is 14.6 Å². The van der Waals surface area contributed by atoms with E-state index in [0.29, 0.717) is 11.4 Å². The first-order valence-electron chi connectivity index (χ1n) is 6.01. The molecule has 1 heterocycles. The maximum Gasteiger partial charge on any atom is 0.339 e. The van der Waals surface area contributed by atoms with Gasteiger partial charge in [0.2, 0.25) is 0 Å². The van der Waals surface area contributed by atoms with Crippen LogP contribution >= 0.6 is 0 Å². The second-order valence-electron chi connectivity index (χ2n) is 4.22. The molecule has 2 aromatic rings. The van der Waals surface area contributed by atoms with E-state index in [0.717, 1.165) is 17.5 Å². The molecule has 0 aliphatic carbocycles. The number of ether oxygens (including phenoxy) is 1. The third-order valence-corrected chi connectivity index (χ3v) is 3.10. The van der Waals surface area contributed by atoms with E-state index in [4.69, 9.17) is 4.74 Å². The highest BCUT2D eigenvalue weighted by molar-refractivity contribution is 5.95. The van der Waals surface area contributed by atoms with E-state index >= 15 is 0 Å². The van der Waals surface area contributed by atoms with Gasteiger partial charge in [-0.05, 0) is 24.1 Å². The number of rotatable bonds is 4. The van der Waals surface area contributed by atoms with E-state index in [-0.39, 0.29) is 5.56 Å². The Balaban J connectivity index is 2.69. The summed E-state index contributed by atoms with van der Waals surface area (Å²) in [7, 11) is 3.29. The average Bonchev–Trinajstić information content (AvgIpc) is 2.80. The van der Waals surface area contributed by atoms with E-state index in [1.165, 1.54) is 6.20 Å². The fourth-order valence-electron chi connectivity index (χ4n) is 2.07. The number of carbonyl (C=O) groups is 1. The van der Waals surface area contributed by atoms with Gasteiger partial charge in [0, 0.05) is 12.6 Å². The van der Waals surface area contributed by atoms with E-state index < -0.39 is 5.97 Å². The number of benzene rings is 1. The van der Waals surface area contributed by atoms with Gasteiger partial charge in [-0.15, -0.1) is 0 Å². The number of aryl methyl sites for hydroxylation is 2. The lowest BCUT2D eigenvalue weighted by Gasteiger charge is -2.11. The fraction of sp³-hybridized carbons (Fsp3) is 0.286. The largest absolute Gasteiger partial charge is 0.496 e. The summed E-state index contributed by atoms with van der Waals surface area (Å²) in [6.45, 7) is 2.05. The smallest absolute Gasteiger partial charge is 0.339 e. The second kappa shape index (κ2) is 5.14. The second-order valence-corrected chi connectivity index (χ2v) is 4.22. The number of nitrogens with zero attached hydrogens (tertiary/aromatic N) is 2. The topological polar surface area (TPSA) is 64.3 Å². The van der Waals surface area contributed by atoms with Crippen LogP contribution in [0.1, 0.15) is 22.8 Å². The summed E-state index contributed by atoms with van der Waals surface area (Å²) in [6.07, 6.45) is 2.23. The Morgan fingerprint density at radius 2 is 2.21 bits per heavy atom. The fourth-order valence-corrected chi connectivity index (χ4v) is 2.07. The first-order valence-corrected chi connectivity index (χ1v) is 6.01. The Morgan fingerprint density at radius 1 is 1.47 bits per heavy atom. The van der Waals surface area contributed by atoms with Crippen LogP contribution in [0.25, 0.3) is 11.3 Å². The molecule has 0 bridgehead atoms. The summed E-state index contributed by atoms with van der Waals surface area (Å²) >= 11 is 0. The molecule has 0 unspecified atom stereocenters. The van der Waals surface area contributed by atoms with Crippen molar-refractivity contribution in [2.24, 2.45) is 7.05 Å². The van der Waals surface area contributed by atoms with Gasteiger partial charge < -0.3 is 9.84 Å². The number of hydrogen-bond acceptors (Lipinski definition) is 3. The van der Waals surface area contributed by atoms with Crippen molar-refractivity contribution in [3.63, 3.8) is 0 Å². The van der Waals surface area contributed by atoms with Crippen LogP contribution in [0.3, 0.4) is 0 Å². The van der Waals surface area contributed by atoms with Gasteiger partial charge in [0.15, 0.2) is 0 Å². The molecule has 1 aromatic heterocycles. The summed E-state index contributed by atoms with van der Waals surface area (Å²) in [5, 5.41) is 13.3. The zero-order valence-corrected chi connectivity index (χ0v) is 11.2. The SMILES string of the molecule is CCc1ccc(OC)c(-c2c(C(=O)O)cnn2C)c1. The Bertz CT molecular complexity index is 617. The summed E-state index contributed by atoms with van der Waals surface area (Å²) in [5.74, 6) is -0.352. The van der Waals surface area contributed by atoms with Crippen molar-refractivity contribution in [1.29, 1.82) is 0 Å². The van der Waals surface area contributed by atoms with E-state index in [2.05, 4.69) is 5.10 Å². The van der Waals surface area contributed by atoms with Crippen LogP contribution in [-0.4, -0.2) is 28.0 Å². The molecule has 5 heteroatoms. The predicted octanol–water partition coefficient (Wildman–Crippen LogP) is 2.36. The maximum atomic E-state index is 11.3. The molecule has 1 N–H and O–H groups in total. The van der Waals surface area contributed by atoms with Crippen LogP contribution < -0.4 is 4.74 Å². The van der Waals surface area contributed by atoms with Gasteiger partial charge in [0.1, 0.15) is 11.3 Å². The Labute approximate surface area is 111 Å². The number of methoxy groups -OCH3 is 1. The van der Waals surface area contributed by atoms with Crippen molar-refractivity contribution >= 4 is 5.97 Å². The monoisotopic (exact) mass is 260 g/mol. The Morgan fingerprint density at radius 3 is 2.79 bits per heavy atom. The summed E-state index contributed by atoms with van der Waals surface area (Å²) in [6, 6.07) is 5.77. The molecule has 0 aliphatic rings. The van der Waals surface area contributed by atoms with E-state index in [1.807, 2.05) is 25.1 Å². The lowest BCUT2D eigenvalue weighted by atomic mass is 10.0. The Kier molecular flexibility index (Phi) is 3.55. The Hall–Kier alpha value is -2.30. The highest BCUT2D eigenvalue weighted by Crippen LogP contribution is 2.33. The molecule has 100 valence electrons. The van der Waals surface area contributed by atoms with Crippen LogP contribution in [0.15, 0.2) is 24.4 Å². The molecule has 2 rings (SSSR count). The normalized spacial score (nSPS) is 10.5. The number of carboxylic acid groups (broad SMARTS) is 1. The summed E-state index contributed by atoms with van der Waals surface area (Å²) < 4.78 is 6.88. The van der Waals surface area contributed by atoms with E-state index in [1.54, 1.807) is 18.8 Å². The van der Waals surface area contributed by atoms with Crippen molar-refractivity contribution in [3.05, 3.63) is 35.5 Å². The molecule has 0 spiro atoms. The molecular formula is C14H16N2O3. The molecule has 1 aromatic carbocycles. The van der Waals surface area contributed by atoms with E-state index in [9.17, 15) is 9.90 Å². The van der Waals surface area contributed by atoms with Crippen molar-refractivity contribution in [3.8, 4) is 17.0 Å². The standard InChI is InChI=1S/C14H16N2O3/c1-4-9-5-6-12(19-3)10(7-9)13-11(14(17)18)8-15-16(13)2/h5-8H,4H2,1-3H3,(H,17,18). The highest BCUT2D eigenvalue weighted by atomic mass is 16.5. The first kappa shape index (κ1) is 13.1. The third kappa shape index (κ3) is 2.31. The van der Waals surface area contributed by atoms with Crippen molar-refractivity contribution in [2.45, 2.75) is 13.3 Å². The molecule has 5 nitrogen and oxygen atoms in total. The first-order chi connectivity index (χ1) is 9.08. The molecule has 0 aliphatic heterocycles. The average molecular weight is 260 g/mol. The van der Waals surface area contributed by atoms with Crippen LogP contribution in [-0.2, 0) is 13.5 Å². The van der Waals surface area contributed by atoms with Gasteiger partial charge in [-0.2, -0.15) is 5.10 Å². The number of aromatic carboxylic acids is 1. The summed E-state index contributed by atoms with van der Waals surface area (Å²) in [4.78, 5) is 11.3. The van der Waals surface area contributed by atoms with Gasteiger partial charge in [0.25, 0.3) is 0 Å². The molecule has 19 heavy (non-hydrogen) atoms. The maximum absolute atomic E-state index is 11.3. The minimum absolute atomic E-state index is 0.175. The van der Waals surface area contributed by atoms with Gasteiger partial charge in [-0.1, -0.05) is 13.0 Å². The van der Waals surface area contributed by atoms with Crippen LogP contribution in [0, 0.1) is 0 Å². The van der Waals surface area contributed by atoms with Crippen molar-refractivity contribution in [2.75, 3.05) is 7.11 Å². The molecule has 0 saturated carbocycles. The minimum atomic E-state index is -0.993. The molecule has 0 fully saturated rings. The summed E-state index contributed by atoms with van der Waals surface area (Å²) in [5.41, 5.74) is 2.60.